The molecule has 2 rings (SSSR count). The second-order valence-corrected chi connectivity index (χ2v) is 5.90. The molecule has 0 saturated heterocycles. The quantitative estimate of drug-likeness (QED) is 0.854. The van der Waals surface area contributed by atoms with E-state index in [0.717, 1.165) is 0 Å². The summed E-state index contributed by atoms with van der Waals surface area (Å²) in [5, 5.41) is 11.5. The Hall–Kier alpha value is -2.63. The maximum absolute atomic E-state index is 12.9. The Morgan fingerprint density at radius 2 is 1.83 bits per heavy atom. The van der Waals surface area contributed by atoms with E-state index >= 15 is 0 Å². The van der Waals surface area contributed by atoms with Gasteiger partial charge in [-0.1, -0.05) is 0 Å². The molecule has 5 nitrogen and oxygen atoms in total. The number of halogens is 1. The van der Waals surface area contributed by atoms with Gasteiger partial charge in [0.15, 0.2) is 5.76 Å². The number of aliphatic carboxylic acids is 1. The van der Waals surface area contributed by atoms with Gasteiger partial charge in [-0.25, -0.2) is 4.39 Å². The van der Waals surface area contributed by atoms with Crippen molar-refractivity contribution in [3.05, 3.63) is 48.0 Å². The lowest BCUT2D eigenvalue weighted by Crippen LogP contribution is -2.43. The van der Waals surface area contributed by atoms with E-state index in [1.807, 2.05) is 0 Å². The van der Waals surface area contributed by atoms with Gasteiger partial charge in [0.05, 0.1) is 0 Å². The molecule has 0 aliphatic carbocycles. The van der Waals surface area contributed by atoms with E-state index in [1.54, 1.807) is 32.0 Å². The van der Waals surface area contributed by atoms with Gasteiger partial charge in [-0.15, -0.1) is 0 Å². The third kappa shape index (κ3) is 4.67. The molecule has 2 aromatic rings. The number of nitrogens with one attached hydrogen (secondary N) is 1. The molecule has 0 saturated carbocycles. The second kappa shape index (κ2) is 6.64. The second-order valence-electron chi connectivity index (χ2n) is 5.90. The number of benzene rings is 1. The fourth-order valence-electron chi connectivity index (χ4n) is 2.08. The lowest BCUT2D eigenvalue weighted by atomic mass is 9.98. The zero-order valence-corrected chi connectivity index (χ0v) is 12.9. The molecule has 0 bridgehead atoms. The molecule has 1 amide bonds. The highest BCUT2D eigenvalue weighted by Crippen LogP contribution is 2.23. The Morgan fingerprint density at radius 3 is 2.43 bits per heavy atom. The van der Waals surface area contributed by atoms with Crippen molar-refractivity contribution in [1.29, 1.82) is 0 Å². The zero-order chi connectivity index (χ0) is 17.0. The topological polar surface area (TPSA) is 79.5 Å². The molecule has 0 atom stereocenters. The number of hydrogen-bond donors (Lipinski definition) is 2. The molecule has 0 spiro atoms. The van der Waals surface area contributed by atoms with Crippen LogP contribution in [0, 0.1) is 5.82 Å². The first-order chi connectivity index (χ1) is 10.8. The van der Waals surface area contributed by atoms with Crippen LogP contribution < -0.4 is 5.32 Å². The van der Waals surface area contributed by atoms with Crippen molar-refractivity contribution in [3.8, 4) is 11.3 Å². The summed E-state index contributed by atoms with van der Waals surface area (Å²) in [6.07, 6.45) is 0.270. The first-order valence-electron chi connectivity index (χ1n) is 7.17. The molecule has 2 N–H and O–H groups in total. The Balaban J connectivity index is 2.06. The van der Waals surface area contributed by atoms with E-state index in [2.05, 4.69) is 5.32 Å². The highest BCUT2D eigenvalue weighted by molar-refractivity contribution is 5.92. The molecule has 1 aromatic heterocycles. The molecule has 0 radical (unpaired) electrons. The molecule has 23 heavy (non-hydrogen) atoms. The standard InChI is InChI=1S/C17H18FNO4/c1-17(2,10-9-15(20)21)19-16(22)14-8-7-13(23-14)11-3-5-12(18)6-4-11/h3-8H,9-10H2,1-2H3,(H,19,22)(H,20,21). The number of hydrogen-bond acceptors (Lipinski definition) is 3. The van der Waals surface area contributed by atoms with E-state index in [0.29, 0.717) is 17.7 Å². The average Bonchev–Trinajstić information content (AvgIpc) is 2.95. The van der Waals surface area contributed by atoms with Crippen molar-refractivity contribution >= 4 is 11.9 Å². The molecule has 0 aliphatic rings. The van der Waals surface area contributed by atoms with Gasteiger partial charge >= 0.3 is 5.97 Å². The number of rotatable bonds is 6. The molecular weight excluding hydrogens is 301 g/mol. The van der Waals surface area contributed by atoms with Gasteiger partial charge in [-0.2, -0.15) is 0 Å². The first kappa shape index (κ1) is 16.7. The lowest BCUT2D eigenvalue weighted by Gasteiger charge is -2.24. The number of furan rings is 1. The van der Waals surface area contributed by atoms with Crippen molar-refractivity contribution in [1.82, 2.24) is 5.32 Å². The molecule has 6 heteroatoms. The summed E-state index contributed by atoms with van der Waals surface area (Å²) in [6, 6.07) is 8.91. The van der Waals surface area contributed by atoms with Crippen LogP contribution >= 0.6 is 0 Å². The molecule has 0 unspecified atom stereocenters. The summed E-state index contributed by atoms with van der Waals surface area (Å²) < 4.78 is 18.4. The van der Waals surface area contributed by atoms with Crippen LogP contribution in [-0.4, -0.2) is 22.5 Å². The van der Waals surface area contributed by atoms with Gasteiger partial charge in [0.25, 0.3) is 5.91 Å². The fraction of sp³-hybridized carbons (Fsp3) is 0.294. The Kier molecular flexibility index (Phi) is 4.83. The summed E-state index contributed by atoms with van der Waals surface area (Å²) in [4.78, 5) is 22.8. The van der Waals surface area contributed by atoms with Crippen molar-refractivity contribution in [2.75, 3.05) is 0 Å². The highest BCUT2D eigenvalue weighted by Gasteiger charge is 2.23. The maximum Gasteiger partial charge on any atom is 0.303 e. The summed E-state index contributed by atoms with van der Waals surface area (Å²) in [7, 11) is 0. The largest absolute Gasteiger partial charge is 0.481 e. The fourth-order valence-corrected chi connectivity index (χ4v) is 2.08. The maximum atomic E-state index is 12.9. The van der Waals surface area contributed by atoms with Crippen LogP contribution in [0.2, 0.25) is 0 Å². The predicted molar refractivity (Wildman–Crippen MR) is 82.5 cm³/mol. The Labute approximate surface area is 133 Å². The van der Waals surface area contributed by atoms with Crippen LogP contribution in [0.15, 0.2) is 40.8 Å². The summed E-state index contributed by atoms with van der Waals surface area (Å²) in [5.74, 6) is -1.11. The predicted octanol–water partition coefficient (Wildman–Crippen LogP) is 3.46. The SMILES string of the molecule is CC(C)(CCC(=O)O)NC(=O)c1ccc(-c2ccc(F)cc2)o1. The van der Waals surface area contributed by atoms with Crippen LogP contribution in [0.3, 0.4) is 0 Å². The minimum Gasteiger partial charge on any atom is -0.481 e. The molecule has 0 aliphatic heterocycles. The Morgan fingerprint density at radius 1 is 1.17 bits per heavy atom. The normalized spacial score (nSPS) is 11.3. The van der Waals surface area contributed by atoms with Gasteiger partial charge in [-0.05, 0) is 56.7 Å². The average molecular weight is 319 g/mol. The molecule has 122 valence electrons. The van der Waals surface area contributed by atoms with Crippen LogP contribution in [0.25, 0.3) is 11.3 Å². The summed E-state index contributed by atoms with van der Waals surface area (Å²) in [6.45, 7) is 3.50. The third-order valence-corrected chi connectivity index (χ3v) is 3.37. The number of carboxylic acids is 1. The molecule has 0 fully saturated rings. The van der Waals surface area contributed by atoms with Crippen molar-refractivity contribution < 1.29 is 23.5 Å². The number of carboxylic acid groups (broad SMARTS) is 1. The van der Waals surface area contributed by atoms with E-state index in [-0.39, 0.29) is 18.0 Å². The minimum absolute atomic E-state index is 0.0355. The molecule has 1 aromatic carbocycles. The van der Waals surface area contributed by atoms with E-state index in [1.165, 1.54) is 18.2 Å². The zero-order valence-electron chi connectivity index (χ0n) is 12.9. The Bertz CT molecular complexity index is 704. The van der Waals surface area contributed by atoms with E-state index in [4.69, 9.17) is 9.52 Å². The van der Waals surface area contributed by atoms with Gasteiger partial charge < -0.3 is 14.8 Å². The lowest BCUT2D eigenvalue weighted by molar-refractivity contribution is -0.137. The monoisotopic (exact) mass is 319 g/mol. The number of carbonyl (C=O) groups excluding carboxylic acids is 1. The van der Waals surface area contributed by atoms with Gasteiger partial charge in [-0.3, -0.25) is 9.59 Å². The van der Waals surface area contributed by atoms with E-state index in [9.17, 15) is 14.0 Å². The van der Waals surface area contributed by atoms with E-state index < -0.39 is 17.4 Å². The van der Waals surface area contributed by atoms with Gasteiger partial charge in [0.2, 0.25) is 0 Å². The van der Waals surface area contributed by atoms with Gasteiger partial charge in [0, 0.05) is 17.5 Å². The summed E-state index contributed by atoms with van der Waals surface area (Å²) >= 11 is 0. The van der Waals surface area contributed by atoms with Crippen molar-refractivity contribution in [3.63, 3.8) is 0 Å². The van der Waals surface area contributed by atoms with Crippen LogP contribution in [-0.2, 0) is 4.79 Å². The van der Waals surface area contributed by atoms with Crippen molar-refractivity contribution in [2.24, 2.45) is 0 Å². The highest BCUT2D eigenvalue weighted by atomic mass is 19.1. The van der Waals surface area contributed by atoms with Crippen molar-refractivity contribution in [2.45, 2.75) is 32.2 Å². The van der Waals surface area contributed by atoms with Crippen LogP contribution in [0.4, 0.5) is 4.39 Å². The number of amides is 1. The number of carbonyl (C=O) groups is 2. The van der Waals surface area contributed by atoms with Gasteiger partial charge in [0.1, 0.15) is 11.6 Å². The van der Waals surface area contributed by atoms with Crippen LogP contribution in [0.5, 0.6) is 0 Å². The first-order valence-corrected chi connectivity index (χ1v) is 7.17. The minimum atomic E-state index is -0.913. The van der Waals surface area contributed by atoms with Crippen LogP contribution in [0.1, 0.15) is 37.2 Å². The molecule has 1 heterocycles. The smallest absolute Gasteiger partial charge is 0.303 e. The molecular formula is C17H18FNO4. The summed E-state index contributed by atoms with van der Waals surface area (Å²) in [5.41, 5.74) is -0.00577. The third-order valence-electron chi connectivity index (χ3n) is 3.37.